The summed E-state index contributed by atoms with van der Waals surface area (Å²) in [7, 11) is 0. The monoisotopic (exact) mass is 200 g/mol. The van der Waals surface area contributed by atoms with Crippen molar-refractivity contribution < 1.29 is 9.18 Å². The van der Waals surface area contributed by atoms with Gasteiger partial charge in [-0.25, -0.2) is 4.39 Å². The van der Waals surface area contributed by atoms with Gasteiger partial charge in [0.15, 0.2) is 0 Å². The number of hydrogen-bond acceptors (Lipinski definition) is 1. The fourth-order valence-corrected chi connectivity index (χ4v) is 1.17. The summed E-state index contributed by atoms with van der Waals surface area (Å²) < 4.78 is 13.0. The van der Waals surface area contributed by atoms with Gasteiger partial charge in [-0.2, -0.15) is 0 Å². The molecule has 1 aromatic rings. The summed E-state index contributed by atoms with van der Waals surface area (Å²) in [5, 5.41) is -0.628. The molecule has 0 saturated carbocycles. The first-order chi connectivity index (χ1) is 6.11. The number of benzene rings is 1. The Hall–Kier alpha value is -0.890. The first-order valence-corrected chi connectivity index (χ1v) is 4.43. The van der Waals surface area contributed by atoms with Gasteiger partial charge in [0, 0.05) is 0 Å². The van der Waals surface area contributed by atoms with E-state index in [9.17, 15) is 9.18 Å². The van der Waals surface area contributed by atoms with Crippen LogP contribution in [0, 0.1) is 5.82 Å². The number of carbonyl (C=O) groups excluding carboxylic acids is 1. The third-order valence-corrected chi connectivity index (χ3v) is 2.26. The number of hydrogen-bond donors (Lipinski definition) is 0. The van der Waals surface area contributed by atoms with Crippen LogP contribution in [-0.4, -0.2) is 11.2 Å². The molecule has 0 saturated heterocycles. The fraction of sp³-hybridized carbons (Fsp3) is 0.300. The predicted octanol–water partition coefficient (Wildman–Crippen LogP) is 2.56. The molecule has 3 heteroatoms. The van der Waals surface area contributed by atoms with Crippen LogP contribution < -0.4 is 0 Å². The second-order valence-electron chi connectivity index (χ2n) is 2.87. The van der Waals surface area contributed by atoms with E-state index in [1.54, 1.807) is 18.2 Å². The third kappa shape index (κ3) is 2.81. The molecule has 1 unspecified atom stereocenters. The van der Waals surface area contributed by atoms with Gasteiger partial charge >= 0.3 is 0 Å². The highest BCUT2D eigenvalue weighted by molar-refractivity contribution is 6.30. The van der Waals surface area contributed by atoms with E-state index < -0.39 is 5.38 Å². The van der Waals surface area contributed by atoms with Crippen molar-refractivity contribution in [3.8, 4) is 0 Å². The number of ketones is 1. The van der Waals surface area contributed by atoms with Crippen LogP contribution in [0.4, 0.5) is 4.39 Å². The Morgan fingerprint density at radius 2 is 2.15 bits per heavy atom. The van der Waals surface area contributed by atoms with Gasteiger partial charge in [0.1, 0.15) is 11.6 Å². The maximum Gasteiger partial charge on any atom is 0.147 e. The van der Waals surface area contributed by atoms with Gasteiger partial charge in [0.2, 0.25) is 0 Å². The average Bonchev–Trinajstić information content (AvgIpc) is 2.08. The quantitative estimate of drug-likeness (QED) is 0.686. The Bertz CT molecular complexity index is 312. The molecule has 0 aliphatic heterocycles. The van der Waals surface area contributed by atoms with Crippen LogP contribution in [0.1, 0.15) is 12.5 Å². The molecule has 0 aromatic heterocycles. The van der Waals surface area contributed by atoms with E-state index in [1.165, 1.54) is 13.0 Å². The number of Topliss-reactive ketones (excluding diaryl/α,β-unsaturated/α-hetero) is 1. The summed E-state index contributed by atoms with van der Waals surface area (Å²) in [6.45, 7) is 1.40. The molecule has 0 fully saturated rings. The lowest BCUT2D eigenvalue weighted by molar-refractivity contribution is -0.116. The molecule has 0 spiro atoms. The second-order valence-corrected chi connectivity index (χ2v) is 3.40. The zero-order valence-corrected chi connectivity index (χ0v) is 8.01. The van der Waals surface area contributed by atoms with Gasteiger partial charge in [0.25, 0.3) is 0 Å². The summed E-state index contributed by atoms with van der Waals surface area (Å²) in [6.07, 6.45) is 0.254. The molecular formula is C10H10ClFO. The molecule has 0 heterocycles. The van der Waals surface area contributed by atoms with E-state index in [-0.39, 0.29) is 18.0 Å². The van der Waals surface area contributed by atoms with E-state index in [1.807, 2.05) is 0 Å². The first-order valence-electron chi connectivity index (χ1n) is 3.99. The average molecular weight is 201 g/mol. The van der Waals surface area contributed by atoms with Crippen LogP contribution in [0.5, 0.6) is 0 Å². The highest BCUT2D eigenvalue weighted by Crippen LogP contribution is 2.12. The summed E-state index contributed by atoms with van der Waals surface area (Å²) in [6, 6.07) is 6.32. The second kappa shape index (κ2) is 4.38. The lowest BCUT2D eigenvalue weighted by Gasteiger charge is -2.05. The molecule has 70 valence electrons. The van der Waals surface area contributed by atoms with Crippen molar-refractivity contribution in [1.82, 2.24) is 0 Å². The lowest BCUT2D eigenvalue weighted by Crippen LogP contribution is -2.14. The molecule has 0 N–H and O–H groups in total. The summed E-state index contributed by atoms with van der Waals surface area (Å²) in [5.41, 5.74) is 0.484. The molecule has 1 rings (SSSR count). The molecule has 0 bridgehead atoms. The minimum Gasteiger partial charge on any atom is -0.298 e. The molecule has 1 nitrogen and oxygen atoms in total. The van der Waals surface area contributed by atoms with Crippen molar-refractivity contribution in [3.63, 3.8) is 0 Å². The van der Waals surface area contributed by atoms with Crippen molar-refractivity contribution in [2.24, 2.45) is 0 Å². The van der Waals surface area contributed by atoms with Crippen LogP contribution in [-0.2, 0) is 11.2 Å². The number of rotatable bonds is 3. The highest BCUT2D eigenvalue weighted by Gasteiger charge is 2.12. The van der Waals surface area contributed by atoms with E-state index in [4.69, 9.17) is 11.6 Å². The first kappa shape index (κ1) is 10.2. The Labute approximate surface area is 81.5 Å². The summed E-state index contributed by atoms with van der Waals surface area (Å²) >= 11 is 5.71. The maximum absolute atomic E-state index is 13.0. The molecule has 0 aliphatic rings. The minimum atomic E-state index is -0.628. The zero-order chi connectivity index (χ0) is 9.84. The normalized spacial score (nSPS) is 12.5. The summed E-state index contributed by atoms with van der Waals surface area (Å²) in [5.74, 6) is -0.445. The van der Waals surface area contributed by atoms with Gasteiger partial charge in [-0.1, -0.05) is 18.2 Å². The molecule has 0 radical (unpaired) electrons. The Balaban J connectivity index is 2.74. The number of carbonyl (C=O) groups is 1. The highest BCUT2D eigenvalue weighted by atomic mass is 35.5. The van der Waals surface area contributed by atoms with Crippen LogP contribution in [0.3, 0.4) is 0 Å². The van der Waals surface area contributed by atoms with Crippen molar-refractivity contribution >= 4 is 17.4 Å². The van der Waals surface area contributed by atoms with Gasteiger partial charge in [0.05, 0.1) is 5.38 Å². The Kier molecular flexibility index (Phi) is 3.43. The van der Waals surface area contributed by atoms with Crippen LogP contribution >= 0.6 is 11.6 Å². The van der Waals surface area contributed by atoms with Crippen molar-refractivity contribution in [2.45, 2.75) is 18.7 Å². The van der Waals surface area contributed by atoms with E-state index >= 15 is 0 Å². The van der Waals surface area contributed by atoms with Crippen LogP contribution in [0.15, 0.2) is 24.3 Å². The molecule has 1 aromatic carbocycles. The summed E-state index contributed by atoms with van der Waals surface area (Å²) in [4.78, 5) is 10.8. The van der Waals surface area contributed by atoms with Gasteiger partial charge in [-0.15, -0.1) is 11.6 Å². The van der Waals surface area contributed by atoms with E-state index in [0.717, 1.165) is 0 Å². The van der Waals surface area contributed by atoms with Crippen molar-refractivity contribution in [1.29, 1.82) is 0 Å². The Morgan fingerprint density at radius 1 is 1.54 bits per heavy atom. The van der Waals surface area contributed by atoms with Crippen molar-refractivity contribution in [3.05, 3.63) is 35.6 Å². The Morgan fingerprint density at radius 3 is 2.69 bits per heavy atom. The van der Waals surface area contributed by atoms with Crippen LogP contribution in [0.25, 0.3) is 0 Å². The van der Waals surface area contributed by atoms with Crippen molar-refractivity contribution in [2.75, 3.05) is 0 Å². The van der Waals surface area contributed by atoms with Crippen LogP contribution in [0.2, 0.25) is 0 Å². The van der Waals surface area contributed by atoms with Gasteiger partial charge in [-0.3, -0.25) is 4.79 Å². The largest absolute Gasteiger partial charge is 0.298 e. The maximum atomic E-state index is 13.0. The fourth-order valence-electron chi connectivity index (χ4n) is 1.00. The molecule has 0 aliphatic carbocycles. The SMILES string of the molecule is CC(=O)C(Cl)Cc1ccccc1F. The lowest BCUT2D eigenvalue weighted by atomic mass is 10.1. The molecular weight excluding hydrogens is 191 g/mol. The van der Waals surface area contributed by atoms with E-state index in [2.05, 4.69) is 0 Å². The van der Waals surface area contributed by atoms with Gasteiger partial charge < -0.3 is 0 Å². The predicted molar refractivity (Wildman–Crippen MR) is 50.4 cm³/mol. The topological polar surface area (TPSA) is 17.1 Å². The van der Waals surface area contributed by atoms with Gasteiger partial charge in [-0.05, 0) is 25.0 Å². The molecule has 0 amide bonds. The van der Waals surface area contributed by atoms with E-state index in [0.29, 0.717) is 5.56 Å². The number of alkyl halides is 1. The zero-order valence-electron chi connectivity index (χ0n) is 7.26. The third-order valence-electron chi connectivity index (χ3n) is 1.80. The number of halogens is 2. The molecule has 13 heavy (non-hydrogen) atoms. The smallest absolute Gasteiger partial charge is 0.147 e. The standard InChI is InChI=1S/C10H10ClFO/c1-7(13)9(11)6-8-4-2-3-5-10(8)12/h2-5,9H,6H2,1H3. The minimum absolute atomic E-state index is 0.134. The molecule has 1 atom stereocenters.